The molecule has 88 valence electrons. The predicted octanol–water partition coefficient (Wildman–Crippen LogP) is 3.52. The normalized spacial score (nSPS) is 17.2. The molecule has 3 heteroatoms. The molecule has 0 saturated heterocycles. The number of hydrogen-bond donors (Lipinski definition) is 1. The van der Waals surface area contributed by atoms with Gasteiger partial charge in [-0.15, -0.1) is 0 Å². The van der Waals surface area contributed by atoms with Crippen molar-refractivity contribution in [3.8, 4) is 5.75 Å². The van der Waals surface area contributed by atoms with E-state index in [-0.39, 0.29) is 0 Å². The summed E-state index contributed by atoms with van der Waals surface area (Å²) in [6, 6.07) is 6.59. The van der Waals surface area contributed by atoms with Crippen LogP contribution in [-0.2, 0) is 0 Å². The Morgan fingerprint density at radius 3 is 2.81 bits per heavy atom. The van der Waals surface area contributed by atoms with Gasteiger partial charge in [-0.1, -0.05) is 22.0 Å². The molecule has 2 nitrogen and oxygen atoms in total. The minimum absolute atomic E-state index is 0.354. The molecule has 0 heterocycles. The van der Waals surface area contributed by atoms with E-state index in [0.717, 1.165) is 22.7 Å². The van der Waals surface area contributed by atoms with Crippen molar-refractivity contribution < 1.29 is 4.74 Å². The molecular formula is C13H18BrNO. The van der Waals surface area contributed by atoms with E-state index < -0.39 is 0 Å². The fourth-order valence-electron chi connectivity index (χ4n) is 1.60. The second kappa shape index (κ2) is 5.19. The zero-order valence-electron chi connectivity index (χ0n) is 9.79. The van der Waals surface area contributed by atoms with Gasteiger partial charge < -0.3 is 10.1 Å². The van der Waals surface area contributed by atoms with E-state index in [1.54, 1.807) is 0 Å². The van der Waals surface area contributed by atoms with Gasteiger partial charge in [0.05, 0.1) is 6.61 Å². The lowest BCUT2D eigenvalue weighted by Gasteiger charge is -2.14. The van der Waals surface area contributed by atoms with Gasteiger partial charge in [0, 0.05) is 10.5 Å². The quantitative estimate of drug-likeness (QED) is 0.893. The van der Waals surface area contributed by atoms with Gasteiger partial charge in [-0.2, -0.15) is 0 Å². The lowest BCUT2D eigenvalue weighted by Crippen LogP contribution is -2.12. The van der Waals surface area contributed by atoms with Crippen LogP contribution in [0.3, 0.4) is 0 Å². The highest BCUT2D eigenvalue weighted by Gasteiger charge is 2.22. The summed E-state index contributed by atoms with van der Waals surface area (Å²) in [5, 5.41) is 3.23. The minimum atomic E-state index is 0.354. The van der Waals surface area contributed by atoms with Crippen LogP contribution < -0.4 is 10.1 Å². The van der Waals surface area contributed by atoms with Gasteiger partial charge in [-0.05, 0) is 50.4 Å². The number of hydrogen-bond acceptors (Lipinski definition) is 2. The van der Waals surface area contributed by atoms with E-state index in [0.29, 0.717) is 6.04 Å². The lowest BCUT2D eigenvalue weighted by atomic mass is 10.1. The highest BCUT2D eigenvalue weighted by atomic mass is 79.9. The molecule has 1 unspecified atom stereocenters. The lowest BCUT2D eigenvalue weighted by molar-refractivity contribution is 0.299. The molecule has 1 aromatic rings. The smallest absolute Gasteiger partial charge is 0.120 e. The molecule has 1 aliphatic rings. The zero-order chi connectivity index (χ0) is 11.5. The third-order valence-corrected chi connectivity index (χ3v) is 3.74. The van der Waals surface area contributed by atoms with Crippen molar-refractivity contribution in [3.63, 3.8) is 0 Å². The average Bonchev–Trinajstić information content (AvgIpc) is 3.09. The Morgan fingerprint density at radius 2 is 2.25 bits per heavy atom. The van der Waals surface area contributed by atoms with Crippen LogP contribution in [0.15, 0.2) is 22.7 Å². The third kappa shape index (κ3) is 2.98. The zero-order valence-corrected chi connectivity index (χ0v) is 11.4. The number of halogens is 1. The van der Waals surface area contributed by atoms with Crippen LogP contribution >= 0.6 is 15.9 Å². The van der Waals surface area contributed by atoms with E-state index in [2.05, 4.69) is 46.4 Å². The number of nitrogens with one attached hydrogen (secondary N) is 1. The molecule has 0 amide bonds. The van der Waals surface area contributed by atoms with E-state index in [1.165, 1.54) is 18.4 Å². The standard InChI is InChI=1S/C13H18BrNO/c1-9(15-2)12-6-5-11(7-13(12)14)16-8-10-3-4-10/h5-7,9-10,15H,3-4,8H2,1-2H3. The summed E-state index contributed by atoms with van der Waals surface area (Å²) in [6.45, 7) is 3.01. The van der Waals surface area contributed by atoms with E-state index >= 15 is 0 Å². The highest BCUT2D eigenvalue weighted by Crippen LogP contribution is 2.31. The molecule has 1 atom stereocenters. The van der Waals surface area contributed by atoms with E-state index in [1.807, 2.05) is 7.05 Å². The van der Waals surface area contributed by atoms with Crippen molar-refractivity contribution in [3.05, 3.63) is 28.2 Å². The maximum Gasteiger partial charge on any atom is 0.120 e. The minimum Gasteiger partial charge on any atom is -0.493 e. The van der Waals surface area contributed by atoms with Gasteiger partial charge in [0.1, 0.15) is 5.75 Å². The number of benzene rings is 1. The van der Waals surface area contributed by atoms with Gasteiger partial charge in [-0.25, -0.2) is 0 Å². The van der Waals surface area contributed by atoms with Crippen LogP contribution in [0, 0.1) is 5.92 Å². The average molecular weight is 284 g/mol. The Balaban J connectivity index is 2.02. The summed E-state index contributed by atoms with van der Waals surface area (Å²) in [7, 11) is 1.97. The Morgan fingerprint density at radius 1 is 1.50 bits per heavy atom. The molecule has 0 aliphatic heterocycles. The molecule has 0 radical (unpaired) electrons. The van der Waals surface area contributed by atoms with Crippen LogP contribution in [-0.4, -0.2) is 13.7 Å². The molecule has 1 aromatic carbocycles. The molecular weight excluding hydrogens is 266 g/mol. The van der Waals surface area contributed by atoms with E-state index in [4.69, 9.17) is 4.74 Å². The van der Waals surface area contributed by atoms with Crippen molar-refractivity contribution >= 4 is 15.9 Å². The Hall–Kier alpha value is -0.540. The first kappa shape index (κ1) is 11.9. The van der Waals surface area contributed by atoms with Crippen LogP contribution in [0.5, 0.6) is 5.75 Å². The summed E-state index contributed by atoms with van der Waals surface area (Å²) in [5.74, 6) is 1.76. The molecule has 0 bridgehead atoms. The second-order valence-corrected chi connectivity index (χ2v) is 5.30. The molecule has 0 spiro atoms. The van der Waals surface area contributed by atoms with Crippen LogP contribution in [0.1, 0.15) is 31.4 Å². The Labute approximate surface area is 106 Å². The van der Waals surface area contributed by atoms with Gasteiger partial charge in [-0.3, -0.25) is 0 Å². The molecule has 16 heavy (non-hydrogen) atoms. The van der Waals surface area contributed by atoms with Gasteiger partial charge >= 0.3 is 0 Å². The number of ether oxygens (including phenoxy) is 1. The van der Waals surface area contributed by atoms with Gasteiger partial charge in [0.15, 0.2) is 0 Å². The fourth-order valence-corrected chi connectivity index (χ4v) is 2.30. The van der Waals surface area contributed by atoms with Crippen LogP contribution in [0.4, 0.5) is 0 Å². The van der Waals surface area contributed by atoms with Crippen molar-refractivity contribution in [2.45, 2.75) is 25.8 Å². The SMILES string of the molecule is CNC(C)c1ccc(OCC2CC2)cc1Br. The highest BCUT2D eigenvalue weighted by molar-refractivity contribution is 9.10. The summed E-state index contributed by atoms with van der Waals surface area (Å²) < 4.78 is 6.84. The predicted molar refractivity (Wildman–Crippen MR) is 69.8 cm³/mol. The third-order valence-electron chi connectivity index (χ3n) is 3.05. The maximum absolute atomic E-state index is 5.73. The maximum atomic E-state index is 5.73. The fraction of sp³-hybridized carbons (Fsp3) is 0.538. The monoisotopic (exact) mass is 283 g/mol. The van der Waals surface area contributed by atoms with Crippen LogP contribution in [0.2, 0.25) is 0 Å². The van der Waals surface area contributed by atoms with Crippen molar-refractivity contribution in [1.82, 2.24) is 5.32 Å². The largest absolute Gasteiger partial charge is 0.493 e. The molecule has 1 fully saturated rings. The molecule has 1 aliphatic carbocycles. The summed E-state index contributed by atoms with van der Waals surface area (Å²) in [6.07, 6.45) is 2.66. The molecule has 1 N–H and O–H groups in total. The molecule has 0 aromatic heterocycles. The topological polar surface area (TPSA) is 21.3 Å². The first-order chi connectivity index (χ1) is 7.70. The van der Waals surface area contributed by atoms with Gasteiger partial charge in [0.2, 0.25) is 0 Å². The summed E-state index contributed by atoms with van der Waals surface area (Å²) in [4.78, 5) is 0. The van der Waals surface area contributed by atoms with E-state index in [9.17, 15) is 0 Å². The first-order valence-corrected chi connectivity index (χ1v) is 6.59. The van der Waals surface area contributed by atoms with Gasteiger partial charge in [0.25, 0.3) is 0 Å². The molecule has 1 saturated carbocycles. The van der Waals surface area contributed by atoms with Crippen molar-refractivity contribution in [2.24, 2.45) is 5.92 Å². The Bertz CT molecular complexity index is 363. The summed E-state index contributed by atoms with van der Waals surface area (Å²) in [5.41, 5.74) is 1.27. The molecule has 2 rings (SSSR count). The van der Waals surface area contributed by atoms with Crippen molar-refractivity contribution in [2.75, 3.05) is 13.7 Å². The first-order valence-electron chi connectivity index (χ1n) is 5.80. The van der Waals surface area contributed by atoms with Crippen LogP contribution in [0.25, 0.3) is 0 Å². The second-order valence-electron chi connectivity index (χ2n) is 4.45. The number of rotatable bonds is 5. The summed E-state index contributed by atoms with van der Waals surface area (Å²) >= 11 is 3.59. The van der Waals surface area contributed by atoms with Crippen molar-refractivity contribution in [1.29, 1.82) is 0 Å². The Kier molecular flexibility index (Phi) is 3.87.